The van der Waals surface area contributed by atoms with Crippen LogP contribution in [-0.2, 0) is 0 Å². The molecule has 0 aliphatic carbocycles. The minimum atomic E-state index is -4.55. The van der Waals surface area contributed by atoms with Crippen LogP contribution in [0.5, 0.6) is 0 Å². The van der Waals surface area contributed by atoms with Crippen molar-refractivity contribution >= 4 is 34.9 Å². The van der Waals surface area contributed by atoms with Crippen LogP contribution in [0.2, 0.25) is 10.0 Å². The molecule has 3 heterocycles. The molecule has 4 atom stereocenters. The van der Waals surface area contributed by atoms with E-state index in [-0.39, 0.29) is 35.0 Å². The van der Waals surface area contributed by atoms with Gasteiger partial charge in [-0.05, 0) is 50.8 Å². The number of hydrogen-bond acceptors (Lipinski definition) is 3. The van der Waals surface area contributed by atoms with Crippen molar-refractivity contribution in [1.82, 2.24) is 14.7 Å². The van der Waals surface area contributed by atoms with Gasteiger partial charge in [0, 0.05) is 23.5 Å². The van der Waals surface area contributed by atoms with E-state index in [0.29, 0.717) is 10.6 Å². The zero-order valence-corrected chi connectivity index (χ0v) is 18.6. The zero-order chi connectivity index (χ0) is 22.5. The normalized spacial score (nSPS) is 26.4. The van der Waals surface area contributed by atoms with Gasteiger partial charge in [-0.1, -0.05) is 35.3 Å². The van der Waals surface area contributed by atoms with Crippen LogP contribution in [0, 0.1) is 0 Å². The van der Waals surface area contributed by atoms with Crippen molar-refractivity contribution in [2.45, 2.75) is 69.9 Å². The molecule has 168 valence electrons. The van der Waals surface area contributed by atoms with Crippen LogP contribution < -0.4 is 5.32 Å². The highest BCUT2D eigenvalue weighted by Crippen LogP contribution is 2.46. The fraction of sp³-hybridized carbons (Fsp3) is 0.524. The van der Waals surface area contributed by atoms with Crippen LogP contribution in [0.1, 0.15) is 67.7 Å². The van der Waals surface area contributed by atoms with Gasteiger partial charge >= 0.3 is 6.18 Å². The summed E-state index contributed by atoms with van der Waals surface area (Å²) in [5, 5.41) is 7.55. The van der Waals surface area contributed by atoms with Crippen molar-refractivity contribution in [3.05, 3.63) is 45.6 Å². The highest BCUT2D eigenvalue weighted by molar-refractivity contribution is 6.36. The molecular formula is C21H23Cl2F3N4O. The number of likely N-dealkylation sites (tertiary alicyclic amines) is 1. The summed E-state index contributed by atoms with van der Waals surface area (Å²) < 4.78 is 42.7. The lowest BCUT2D eigenvalue weighted by Gasteiger charge is -2.38. The number of halogens is 5. The van der Waals surface area contributed by atoms with E-state index in [2.05, 4.69) is 10.4 Å². The molecule has 0 spiro atoms. The Morgan fingerprint density at radius 2 is 1.74 bits per heavy atom. The number of carbonyl (C=O) groups is 1. The summed E-state index contributed by atoms with van der Waals surface area (Å²) in [6.45, 7) is 3.87. The van der Waals surface area contributed by atoms with Crippen LogP contribution >= 0.6 is 23.2 Å². The Bertz CT molecular complexity index is 966. The summed E-state index contributed by atoms with van der Waals surface area (Å²) in [4.78, 5) is 14.9. The van der Waals surface area contributed by atoms with Gasteiger partial charge in [-0.25, -0.2) is 4.68 Å². The number of nitrogens with zero attached hydrogens (tertiary/aromatic N) is 3. The second-order valence-corrected chi connectivity index (χ2v) is 9.15. The molecule has 2 aliphatic heterocycles. The van der Waals surface area contributed by atoms with E-state index >= 15 is 0 Å². The third-order valence-electron chi connectivity index (χ3n) is 6.20. The maximum absolute atomic E-state index is 13.9. The largest absolute Gasteiger partial charge is 0.410 e. The first-order valence-corrected chi connectivity index (χ1v) is 11.0. The molecule has 2 aliphatic rings. The lowest BCUT2D eigenvalue weighted by Crippen LogP contribution is -2.47. The minimum absolute atomic E-state index is 0.0101. The smallest absolute Gasteiger partial charge is 0.362 e. The number of alkyl halides is 3. The third kappa shape index (κ3) is 4.12. The molecule has 4 unspecified atom stereocenters. The Morgan fingerprint density at radius 1 is 1.13 bits per heavy atom. The van der Waals surface area contributed by atoms with E-state index < -0.39 is 24.2 Å². The molecular weight excluding hydrogens is 452 g/mol. The van der Waals surface area contributed by atoms with E-state index in [1.165, 1.54) is 0 Å². The van der Waals surface area contributed by atoms with Crippen LogP contribution in [0.3, 0.4) is 0 Å². The average Bonchev–Trinajstić information content (AvgIpc) is 3.03. The second kappa shape index (κ2) is 8.20. The Hall–Kier alpha value is -1.93. The first-order valence-electron chi connectivity index (χ1n) is 10.3. The number of benzene rings is 1. The fourth-order valence-electron chi connectivity index (χ4n) is 4.58. The monoisotopic (exact) mass is 474 g/mol. The lowest BCUT2D eigenvalue weighted by atomic mass is 9.96. The highest BCUT2D eigenvalue weighted by atomic mass is 35.5. The van der Waals surface area contributed by atoms with Crippen molar-refractivity contribution in [3.8, 4) is 0 Å². The minimum Gasteiger partial charge on any atom is -0.362 e. The summed E-state index contributed by atoms with van der Waals surface area (Å²) >= 11 is 12.4. The molecule has 1 amide bonds. The Labute approximate surface area is 188 Å². The van der Waals surface area contributed by atoms with E-state index in [1.807, 2.05) is 13.8 Å². The first kappa shape index (κ1) is 22.3. The number of piperidine rings is 1. The predicted molar refractivity (Wildman–Crippen MR) is 114 cm³/mol. The number of fused-ring (bicyclic) bond motifs is 1. The van der Waals surface area contributed by atoms with E-state index in [0.717, 1.165) is 23.9 Å². The highest BCUT2D eigenvalue weighted by Gasteiger charge is 2.48. The van der Waals surface area contributed by atoms with Gasteiger partial charge in [-0.2, -0.15) is 18.3 Å². The molecule has 0 bridgehead atoms. The zero-order valence-electron chi connectivity index (χ0n) is 17.1. The van der Waals surface area contributed by atoms with Gasteiger partial charge in [0.1, 0.15) is 10.8 Å². The number of nitrogens with one attached hydrogen (secondary N) is 1. The van der Waals surface area contributed by atoms with Crippen molar-refractivity contribution in [2.24, 2.45) is 0 Å². The maximum atomic E-state index is 13.9. The van der Waals surface area contributed by atoms with Crippen LogP contribution in [-0.4, -0.2) is 38.8 Å². The second-order valence-electron chi connectivity index (χ2n) is 8.34. The van der Waals surface area contributed by atoms with Gasteiger partial charge in [0.2, 0.25) is 0 Å². The number of aromatic nitrogens is 2. The number of anilines is 1. The standard InChI is InChI=1S/C21H23Cl2F3N4O/c1-11-4-3-5-12(2)29(11)20(31)18-17(23)19-27-15(13-6-8-14(22)9-7-13)10-16(21(24,25)26)30(19)28-18/h6-9,11-12,15-16,27H,3-5,10H2,1-2H3. The summed E-state index contributed by atoms with van der Waals surface area (Å²) in [6.07, 6.45) is -2.16. The Kier molecular flexibility index (Phi) is 5.89. The summed E-state index contributed by atoms with van der Waals surface area (Å²) in [5.41, 5.74) is 0.504. The topological polar surface area (TPSA) is 50.2 Å². The van der Waals surface area contributed by atoms with Gasteiger partial charge in [-0.3, -0.25) is 4.79 Å². The maximum Gasteiger partial charge on any atom is 0.410 e. The van der Waals surface area contributed by atoms with E-state index in [1.54, 1.807) is 29.2 Å². The van der Waals surface area contributed by atoms with Crippen LogP contribution in [0.15, 0.2) is 24.3 Å². The van der Waals surface area contributed by atoms with Gasteiger partial charge in [0.15, 0.2) is 11.7 Å². The predicted octanol–water partition coefficient (Wildman–Crippen LogP) is 6.25. The number of hydrogen-bond donors (Lipinski definition) is 1. The van der Waals surface area contributed by atoms with Gasteiger partial charge in [0.25, 0.3) is 5.91 Å². The van der Waals surface area contributed by atoms with Crippen LogP contribution in [0.4, 0.5) is 19.0 Å². The van der Waals surface area contributed by atoms with E-state index in [4.69, 9.17) is 23.2 Å². The Morgan fingerprint density at radius 3 is 2.32 bits per heavy atom. The van der Waals surface area contributed by atoms with Gasteiger partial charge in [-0.15, -0.1) is 0 Å². The molecule has 4 rings (SSSR count). The number of carbonyl (C=O) groups excluding carboxylic acids is 1. The van der Waals surface area contributed by atoms with Crippen LogP contribution in [0.25, 0.3) is 0 Å². The lowest BCUT2D eigenvalue weighted by molar-refractivity contribution is -0.173. The quantitative estimate of drug-likeness (QED) is 0.559. The molecule has 0 saturated carbocycles. The SMILES string of the molecule is CC1CCCC(C)N1C(=O)c1nn2c(c1Cl)NC(c1ccc(Cl)cc1)CC2C(F)(F)F. The number of amides is 1. The molecule has 1 saturated heterocycles. The molecule has 2 aromatic rings. The third-order valence-corrected chi connectivity index (χ3v) is 6.81. The van der Waals surface area contributed by atoms with Crippen molar-refractivity contribution < 1.29 is 18.0 Å². The fourth-order valence-corrected chi connectivity index (χ4v) is 4.97. The van der Waals surface area contributed by atoms with Crippen molar-refractivity contribution in [2.75, 3.05) is 5.32 Å². The first-order chi connectivity index (χ1) is 14.6. The van der Waals surface area contributed by atoms with Crippen molar-refractivity contribution in [1.29, 1.82) is 0 Å². The summed E-state index contributed by atoms with van der Waals surface area (Å²) in [6, 6.07) is 4.00. The molecule has 1 fully saturated rings. The van der Waals surface area contributed by atoms with Gasteiger partial charge < -0.3 is 10.2 Å². The Balaban J connectivity index is 1.74. The molecule has 5 nitrogen and oxygen atoms in total. The molecule has 1 aromatic heterocycles. The van der Waals surface area contributed by atoms with Gasteiger partial charge in [0.05, 0.1) is 6.04 Å². The van der Waals surface area contributed by atoms with E-state index in [9.17, 15) is 18.0 Å². The molecule has 1 N–H and O–H groups in total. The molecule has 0 radical (unpaired) electrons. The number of rotatable bonds is 2. The molecule has 10 heteroatoms. The molecule has 1 aromatic carbocycles. The molecule has 31 heavy (non-hydrogen) atoms. The summed E-state index contributed by atoms with van der Waals surface area (Å²) in [5.74, 6) is -0.423. The average molecular weight is 475 g/mol. The summed E-state index contributed by atoms with van der Waals surface area (Å²) in [7, 11) is 0. The van der Waals surface area contributed by atoms with Crippen molar-refractivity contribution in [3.63, 3.8) is 0 Å².